The molecule has 2 aromatic heterocycles. The van der Waals surface area contributed by atoms with E-state index in [2.05, 4.69) is 17.3 Å². The van der Waals surface area contributed by atoms with Crippen LogP contribution in [0.4, 0.5) is 0 Å². The van der Waals surface area contributed by atoms with E-state index in [1.165, 1.54) is 12.7 Å². The van der Waals surface area contributed by atoms with Crippen molar-refractivity contribution in [1.82, 2.24) is 15.1 Å². The molecule has 0 aromatic carbocycles. The third-order valence-corrected chi connectivity index (χ3v) is 3.32. The lowest BCUT2D eigenvalue weighted by atomic mass is 10.2. The zero-order valence-corrected chi connectivity index (χ0v) is 12.9. The normalized spacial score (nSPS) is 10.9. The lowest BCUT2D eigenvalue weighted by Crippen LogP contribution is -2.13. The van der Waals surface area contributed by atoms with Crippen molar-refractivity contribution in [1.29, 1.82) is 0 Å². The molecule has 6 heteroatoms. The number of methoxy groups -OCH3 is 1. The fourth-order valence-corrected chi connectivity index (χ4v) is 2.29. The Hall–Kier alpha value is -2.08. The summed E-state index contributed by atoms with van der Waals surface area (Å²) < 4.78 is 12.1. The van der Waals surface area contributed by atoms with Crippen LogP contribution >= 0.6 is 0 Å². The topological polar surface area (TPSA) is 69.3 Å². The summed E-state index contributed by atoms with van der Waals surface area (Å²) in [6.07, 6.45) is 2.92. The van der Waals surface area contributed by atoms with Gasteiger partial charge in [-0.05, 0) is 19.4 Å². The number of aromatic nitrogens is 2. The first-order valence-electron chi connectivity index (χ1n) is 6.94. The Morgan fingerprint density at radius 2 is 2.24 bits per heavy atom. The standard InChI is InChI=1S/C15H21N3O3/c1-5-14-11(9-18(3)17-14)7-16-8-12-6-13(10(2)21-12)15(19)20-4/h6,9,16H,5,7-8H2,1-4H3. The van der Waals surface area contributed by atoms with Crippen molar-refractivity contribution >= 4 is 5.97 Å². The van der Waals surface area contributed by atoms with E-state index in [4.69, 9.17) is 9.15 Å². The summed E-state index contributed by atoms with van der Waals surface area (Å²) in [5.74, 6) is 0.923. The van der Waals surface area contributed by atoms with Gasteiger partial charge >= 0.3 is 5.97 Å². The Labute approximate surface area is 124 Å². The number of aryl methyl sites for hydroxylation is 3. The van der Waals surface area contributed by atoms with Crippen molar-refractivity contribution in [2.24, 2.45) is 7.05 Å². The molecule has 0 aliphatic heterocycles. The molecular formula is C15H21N3O3. The molecule has 0 aliphatic rings. The van der Waals surface area contributed by atoms with Crippen LogP contribution in [0, 0.1) is 6.92 Å². The van der Waals surface area contributed by atoms with Gasteiger partial charge in [-0.25, -0.2) is 4.79 Å². The van der Waals surface area contributed by atoms with Crippen LogP contribution in [0.2, 0.25) is 0 Å². The average molecular weight is 291 g/mol. The third kappa shape index (κ3) is 3.52. The zero-order valence-electron chi connectivity index (χ0n) is 12.9. The highest BCUT2D eigenvalue weighted by atomic mass is 16.5. The second kappa shape index (κ2) is 6.58. The first kappa shape index (κ1) is 15.3. The third-order valence-electron chi connectivity index (χ3n) is 3.32. The molecular weight excluding hydrogens is 270 g/mol. The van der Waals surface area contributed by atoms with Gasteiger partial charge in [0.25, 0.3) is 0 Å². The molecule has 0 saturated heterocycles. The van der Waals surface area contributed by atoms with Crippen LogP contribution in [0.1, 0.15) is 40.1 Å². The van der Waals surface area contributed by atoms with E-state index >= 15 is 0 Å². The van der Waals surface area contributed by atoms with Crippen LogP contribution in [-0.4, -0.2) is 22.9 Å². The van der Waals surface area contributed by atoms with Crippen molar-refractivity contribution in [2.45, 2.75) is 33.4 Å². The molecule has 1 N–H and O–H groups in total. The van der Waals surface area contributed by atoms with Crippen LogP contribution in [-0.2, 0) is 31.3 Å². The number of hydrogen-bond acceptors (Lipinski definition) is 5. The summed E-state index contributed by atoms with van der Waals surface area (Å²) in [5, 5.41) is 7.70. The minimum atomic E-state index is -0.372. The van der Waals surface area contributed by atoms with Crippen LogP contribution < -0.4 is 5.32 Å². The number of furan rings is 1. The van der Waals surface area contributed by atoms with E-state index in [1.54, 1.807) is 13.0 Å². The summed E-state index contributed by atoms with van der Waals surface area (Å²) in [6, 6.07) is 1.72. The number of ether oxygens (including phenoxy) is 1. The summed E-state index contributed by atoms with van der Waals surface area (Å²) in [4.78, 5) is 11.5. The quantitative estimate of drug-likeness (QED) is 0.824. The van der Waals surface area contributed by atoms with E-state index in [0.29, 0.717) is 24.4 Å². The molecule has 0 amide bonds. The number of esters is 1. The maximum atomic E-state index is 11.5. The van der Waals surface area contributed by atoms with Gasteiger partial charge in [-0.3, -0.25) is 4.68 Å². The number of rotatable bonds is 6. The molecule has 0 atom stereocenters. The van der Waals surface area contributed by atoms with Crippen LogP contribution in [0.15, 0.2) is 16.7 Å². The zero-order chi connectivity index (χ0) is 15.4. The van der Waals surface area contributed by atoms with Gasteiger partial charge in [0.05, 0.1) is 19.3 Å². The minimum absolute atomic E-state index is 0.372. The smallest absolute Gasteiger partial charge is 0.341 e. The summed E-state index contributed by atoms with van der Waals surface area (Å²) in [6.45, 7) is 5.11. The summed E-state index contributed by atoms with van der Waals surface area (Å²) in [7, 11) is 3.28. The average Bonchev–Trinajstić information content (AvgIpc) is 3.01. The Kier molecular flexibility index (Phi) is 4.80. The molecule has 0 radical (unpaired) electrons. The number of carbonyl (C=O) groups excluding carboxylic acids is 1. The van der Waals surface area contributed by atoms with Gasteiger partial charge in [0, 0.05) is 25.4 Å². The molecule has 2 aromatic rings. The fourth-order valence-electron chi connectivity index (χ4n) is 2.29. The van der Waals surface area contributed by atoms with Crippen LogP contribution in [0.5, 0.6) is 0 Å². The van der Waals surface area contributed by atoms with Gasteiger partial charge in [-0.15, -0.1) is 0 Å². The van der Waals surface area contributed by atoms with Gasteiger partial charge in [0.2, 0.25) is 0 Å². The number of carbonyl (C=O) groups is 1. The Morgan fingerprint density at radius 1 is 1.48 bits per heavy atom. The molecule has 0 spiro atoms. The van der Waals surface area contributed by atoms with Crippen molar-refractivity contribution in [3.05, 3.63) is 40.6 Å². The first-order valence-corrected chi connectivity index (χ1v) is 6.94. The largest absolute Gasteiger partial charge is 0.465 e. The second-order valence-corrected chi connectivity index (χ2v) is 4.91. The molecule has 2 heterocycles. The Balaban J connectivity index is 1.96. The highest BCUT2D eigenvalue weighted by Crippen LogP contribution is 2.16. The molecule has 0 fully saturated rings. The summed E-state index contributed by atoms with van der Waals surface area (Å²) in [5.41, 5.74) is 2.75. The lowest BCUT2D eigenvalue weighted by molar-refractivity contribution is 0.0599. The van der Waals surface area contributed by atoms with Gasteiger partial charge in [-0.1, -0.05) is 6.92 Å². The van der Waals surface area contributed by atoms with Crippen LogP contribution in [0.25, 0.3) is 0 Å². The molecule has 0 aliphatic carbocycles. The second-order valence-electron chi connectivity index (χ2n) is 4.91. The maximum absolute atomic E-state index is 11.5. The fraction of sp³-hybridized carbons (Fsp3) is 0.467. The first-order chi connectivity index (χ1) is 10.0. The molecule has 114 valence electrons. The van der Waals surface area contributed by atoms with Gasteiger partial charge < -0.3 is 14.5 Å². The number of nitrogens with zero attached hydrogens (tertiary/aromatic N) is 2. The predicted molar refractivity (Wildman–Crippen MR) is 77.9 cm³/mol. The van der Waals surface area contributed by atoms with Crippen molar-refractivity contribution in [2.75, 3.05) is 7.11 Å². The van der Waals surface area contributed by atoms with E-state index in [9.17, 15) is 4.79 Å². The van der Waals surface area contributed by atoms with Crippen LogP contribution in [0.3, 0.4) is 0 Å². The van der Waals surface area contributed by atoms with E-state index < -0.39 is 0 Å². The van der Waals surface area contributed by atoms with Crippen molar-refractivity contribution < 1.29 is 13.9 Å². The molecule has 21 heavy (non-hydrogen) atoms. The van der Waals surface area contributed by atoms with E-state index in [1.807, 2.05) is 17.9 Å². The SMILES string of the molecule is CCc1nn(C)cc1CNCc1cc(C(=O)OC)c(C)o1. The summed E-state index contributed by atoms with van der Waals surface area (Å²) >= 11 is 0. The highest BCUT2D eigenvalue weighted by Gasteiger charge is 2.15. The Bertz CT molecular complexity index is 628. The number of hydrogen-bond donors (Lipinski definition) is 1. The maximum Gasteiger partial charge on any atom is 0.341 e. The van der Waals surface area contributed by atoms with E-state index in [0.717, 1.165) is 17.9 Å². The van der Waals surface area contributed by atoms with Gasteiger partial charge in [0.15, 0.2) is 0 Å². The predicted octanol–water partition coefficient (Wildman–Crippen LogP) is 1.96. The monoisotopic (exact) mass is 291 g/mol. The highest BCUT2D eigenvalue weighted by molar-refractivity contribution is 5.90. The molecule has 2 rings (SSSR count). The van der Waals surface area contributed by atoms with Gasteiger partial charge in [0.1, 0.15) is 17.1 Å². The molecule has 6 nitrogen and oxygen atoms in total. The molecule has 0 unspecified atom stereocenters. The number of nitrogens with one attached hydrogen (secondary N) is 1. The lowest BCUT2D eigenvalue weighted by Gasteiger charge is -2.02. The van der Waals surface area contributed by atoms with Crippen molar-refractivity contribution in [3.63, 3.8) is 0 Å². The molecule has 0 saturated carbocycles. The Morgan fingerprint density at radius 3 is 2.90 bits per heavy atom. The minimum Gasteiger partial charge on any atom is -0.465 e. The molecule has 0 bridgehead atoms. The van der Waals surface area contributed by atoms with Crippen molar-refractivity contribution in [3.8, 4) is 0 Å². The van der Waals surface area contributed by atoms with Gasteiger partial charge in [-0.2, -0.15) is 5.10 Å². The van der Waals surface area contributed by atoms with E-state index in [-0.39, 0.29) is 5.97 Å².